The van der Waals surface area contributed by atoms with Gasteiger partial charge in [-0.25, -0.2) is 9.59 Å². The third-order valence-corrected chi connectivity index (χ3v) is 8.76. The van der Waals surface area contributed by atoms with E-state index in [1.54, 1.807) is 25.7 Å². The van der Waals surface area contributed by atoms with Crippen molar-refractivity contribution in [3.05, 3.63) is 0 Å². The smallest absolute Gasteiger partial charge is 0.408 e. The molecule has 1 aliphatic carbocycles. The van der Waals surface area contributed by atoms with Crippen LogP contribution in [0.1, 0.15) is 78.6 Å². The molecule has 1 saturated carbocycles. The zero-order chi connectivity index (χ0) is 28.3. The molecule has 4 fully saturated rings. The normalized spacial score (nSPS) is 34.0. The number of carbonyl (C=O) groups is 5. The fraction of sp³-hybridized carbons (Fsp3) is 0.821. The van der Waals surface area contributed by atoms with Gasteiger partial charge in [0.05, 0.1) is 7.11 Å². The Hall–Kier alpha value is -2.85. The molecule has 3 saturated heterocycles. The Morgan fingerprint density at radius 1 is 0.949 bits per heavy atom. The van der Waals surface area contributed by atoms with E-state index >= 15 is 0 Å². The second-order valence-corrected chi connectivity index (χ2v) is 12.5. The fourth-order valence-electron chi connectivity index (χ4n) is 6.97. The van der Waals surface area contributed by atoms with Crippen LogP contribution in [-0.2, 0) is 28.7 Å². The van der Waals surface area contributed by atoms with Gasteiger partial charge in [-0.15, -0.1) is 0 Å². The van der Waals surface area contributed by atoms with Gasteiger partial charge in [0, 0.05) is 19.0 Å². The van der Waals surface area contributed by atoms with Crippen LogP contribution in [0, 0.1) is 23.7 Å². The molecule has 1 unspecified atom stereocenters. The Morgan fingerprint density at radius 3 is 2.38 bits per heavy atom. The van der Waals surface area contributed by atoms with E-state index in [2.05, 4.69) is 16.0 Å². The first kappa shape index (κ1) is 29.1. The number of ether oxygens (including phenoxy) is 2. The van der Waals surface area contributed by atoms with E-state index in [-0.39, 0.29) is 36.0 Å². The van der Waals surface area contributed by atoms with Crippen LogP contribution in [0.5, 0.6) is 0 Å². The van der Waals surface area contributed by atoms with Gasteiger partial charge in [0.2, 0.25) is 17.7 Å². The summed E-state index contributed by atoms with van der Waals surface area (Å²) in [6, 6.07) is -2.58. The van der Waals surface area contributed by atoms with Crippen LogP contribution in [-0.4, -0.2) is 78.6 Å². The molecule has 0 bridgehead atoms. The Kier molecular flexibility index (Phi) is 9.06. The third kappa shape index (κ3) is 6.84. The number of hydrogen-bond donors (Lipinski definition) is 3. The van der Waals surface area contributed by atoms with Gasteiger partial charge in [-0.05, 0) is 77.0 Å². The van der Waals surface area contributed by atoms with Crippen LogP contribution in [0.25, 0.3) is 0 Å². The van der Waals surface area contributed by atoms with E-state index < -0.39 is 47.6 Å². The molecule has 218 valence electrons. The highest BCUT2D eigenvalue weighted by Crippen LogP contribution is 2.43. The number of fused-ring (bicyclic) bond motifs is 4. The molecule has 3 N–H and O–H groups in total. The van der Waals surface area contributed by atoms with E-state index in [4.69, 9.17) is 9.47 Å². The summed E-state index contributed by atoms with van der Waals surface area (Å²) >= 11 is 0. The number of hydrogen-bond acceptors (Lipinski definition) is 7. The van der Waals surface area contributed by atoms with E-state index in [0.29, 0.717) is 25.9 Å². The number of esters is 1. The summed E-state index contributed by atoms with van der Waals surface area (Å²) in [6.45, 7) is 6.29. The Morgan fingerprint density at radius 2 is 1.67 bits per heavy atom. The van der Waals surface area contributed by atoms with Crippen LogP contribution in [0.4, 0.5) is 4.79 Å². The summed E-state index contributed by atoms with van der Waals surface area (Å²) in [5, 5.41) is 8.55. The molecular formula is C28H44N4O7. The number of rotatable bonds is 2. The quantitative estimate of drug-likeness (QED) is 0.447. The molecule has 4 amide bonds. The van der Waals surface area contributed by atoms with E-state index in [9.17, 15) is 24.0 Å². The lowest BCUT2D eigenvalue weighted by Crippen LogP contribution is -2.57. The van der Waals surface area contributed by atoms with Crippen LogP contribution >= 0.6 is 0 Å². The lowest BCUT2D eigenvalue weighted by molar-refractivity contribution is -0.148. The van der Waals surface area contributed by atoms with Gasteiger partial charge < -0.3 is 30.3 Å². The summed E-state index contributed by atoms with van der Waals surface area (Å²) in [7, 11) is 1.27. The number of carbonyl (C=O) groups excluding carboxylic acids is 5. The van der Waals surface area contributed by atoms with Crippen molar-refractivity contribution in [1.82, 2.24) is 20.9 Å². The number of nitrogens with one attached hydrogen (secondary N) is 3. The van der Waals surface area contributed by atoms with E-state index in [0.717, 1.165) is 38.5 Å². The number of piperidine rings is 1. The summed E-state index contributed by atoms with van der Waals surface area (Å²) in [6.07, 6.45) is 5.55. The first-order valence-corrected chi connectivity index (χ1v) is 14.4. The lowest BCUT2D eigenvalue weighted by atomic mass is 9.78. The molecule has 0 radical (unpaired) electrons. The zero-order valence-corrected chi connectivity index (χ0v) is 23.6. The van der Waals surface area contributed by atoms with Gasteiger partial charge in [0.1, 0.15) is 23.7 Å². The number of methoxy groups -OCH3 is 1. The molecular weight excluding hydrogens is 504 g/mol. The minimum absolute atomic E-state index is 0.0203. The largest absolute Gasteiger partial charge is 0.467 e. The van der Waals surface area contributed by atoms with Crippen molar-refractivity contribution >= 4 is 29.8 Å². The SMILES string of the molecule is COC(=O)[C@@H]1CC2C(=O)NCC[C@@H]2CCCC[C@H](NC(=O)OC(C)(C)C)C(=O)N2C[C@@H]3CCC[C@@H]3[C@H]2C(=O)N1. The molecule has 4 aliphatic rings. The Bertz CT molecular complexity index is 964. The van der Waals surface area contributed by atoms with Crippen LogP contribution < -0.4 is 16.0 Å². The maximum Gasteiger partial charge on any atom is 0.408 e. The third-order valence-electron chi connectivity index (χ3n) is 8.76. The van der Waals surface area contributed by atoms with Crippen molar-refractivity contribution in [2.24, 2.45) is 23.7 Å². The van der Waals surface area contributed by atoms with Crippen molar-refractivity contribution in [1.29, 1.82) is 0 Å². The summed E-state index contributed by atoms with van der Waals surface area (Å²) in [5.74, 6) is -1.63. The highest BCUT2D eigenvalue weighted by atomic mass is 16.6. The van der Waals surface area contributed by atoms with Crippen molar-refractivity contribution in [3.63, 3.8) is 0 Å². The molecule has 0 spiro atoms. The van der Waals surface area contributed by atoms with Crippen molar-refractivity contribution in [2.45, 2.75) is 102 Å². The standard InChI is InChI=1S/C28H44N4O7/c1-28(2,3)39-27(37)31-20-11-6-5-8-16-12-13-29-23(33)19(16)14-21(26(36)38-4)30-24(34)22-18-10-7-9-17(18)15-32(22)25(20)35/h16-22H,5-15H2,1-4H3,(H,29,33)(H,30,34)(H,31,37)/t16-,17-,18-,19?,20-,21-,22-/m0/s1. The molecule has 0 aromatic rings. The van der Waals surface area contributed by atoms with Crippen LogP contribution in [0.3, 0.4) is 0 Å². The highest BCUT2D eigenvalue weighted by Gasteiger charge is 2.51. The fourth-order valence-corrected chi connectivity index (χ4v) is 6.97. The minimum Gasteiger partial charge on any atom is -0.467 e. The number of amides is 4. The van der Waals surface area contributed by atoms with Gasteiger partial charge in [-0.2, -0.15) is 0 Å². The number of nitrogens with zero attached hydrogens (tertiary/aromatic N) is 1. The van der Waals surface area contributed by atoms with Crippen LogP contribution in [0.15, 0.2) is 0 Å². The van der Waals surface area contributed by atoms with Gasteiger partial charge in [0.25, 0.3) is 0 Å². The molecule has 3 aliphatic heterocycles. The topological polar surface area (TPSA) is 143 Å². The predicted molar refractivity (Wildman–Crippen MR) is 141 cm³/mol. The first-order chi connectivity index (χ1) is 18.5. The Balaban J connectivity index is 1.64. The minimum atomic E-state index is -0.991. The van der Waals surface area contributed by atoms with E-state index in [1.807, 2.05) is 0 Å². The Labute approximate surface area is 230 Å². The summed E-state index contributed by atoms with van der Waals surface area (Å²) < 4.78 is 10.5. The second-order valence-electron chi connectivity index (χ2n) is 12.5. The summed E-state index contributed by atoms with van der Waals surface area (Å²) in [4.78, 5) is 67.7. The maximum absolute atomic E-state index is 13.9. The van der Waals surface area contributed by atoms with Crippen LogP contribution in [0.2, 0.25) is 0 Å². The van der Waals surface area contributed by atoms with Gasteiger partial charge in [0.15, 0.2) is 0 Å². The first-order valence-electron chi connectivity index (χ1n) is 14.4. The predicted octanol–water partition coefficient (Wildman–Crippen LogP) is 1.88. The van der Waals surface area contributed by atoms with Gasteiger partial charge in [-0.1, -0.05) is 19.3 Å². The molecule has 7 atom stereocenters. The maximum atomic E-state index is 13.9. The monoisotopic (exact) mass is 548 g/mol. The molecule has 0 aromatic carbocycles. The van der Waals surface area contributed by atoms with Crippen molar-refractivity contribution in [3.8, 4) is 0 Å². The molecule has 0 aromatic heterocycles. The van der Waals surface area contributed by atoms with Crippen molar-refractivity contribution in [2.75, 3.05) is 20.2 Å². The lowest BCUT2D eigenvalue weighted by Gasteiger charge is -2.35. The summed E-state index contributed by atoms with van der Waals surface area (Å²) in [5.41, 5.74) is -0.721. The van der Waals surface area contributed by atoms with Gasteiger partial charge in [-0.3, -0.25) is 14.4 Å². The molecule has 39 heavy (non-hydrogen) atoms. The van der Waals surface area contributed by atoms with Crippen molar-refractivity contribution < 1.29 is 33.4 Å². The average molecular weight is 549 g/mol. The highest BCUT2D eigenvalue weighted by molar-refractivity contribution is 5.94. The zero-order valence-electron chi connectivity index (χ0n) is 23.6. The molecule has 11 nitrogen and oxygen atoms in total. The molecule has 11 heteroatoms. The molecule has 3 heterocycles. The average Bonchev–Trinajstić information content (AvgIpc) is 3.46. The second kappa shape index (κ2) is 12.1. The number of alkyl carbamates (subject to hydrolysis) is 1. The van der Waals surface area contributed by atoms with E-state index in [1.165, 1.54) is 7.11 Å². The van der Waals surface area contributed by atoms with Gasteiger partial charge >= 0.3 is 12.1 Å². The molecule has 4 rings (SSSR count).